The van der Waals surface area contributed by atoms with Gasteiger partial charge in [0.1, 0.15) is 134 Å². The van der Waals surface area contributed by atoms with Gasteiger partial charge in [0.25, 0.3) is 0 Å². The second-order valence-electron chi connectivity index (χ2n) is 18.0. The van der Waals surface area contributed by atoms with Crippen LogP contribution in [0, 0.1) is 0 Å². The van der Waals surface area contributed by atoms with Gasteiger partial charge in [0.15, 0.2) is 43.8 Å². The van der Waals surface area contributed by atoms with E-state index in [0.29, 0.717) is 0 Å². The third-order valence-electron chi connectivity index (χ3n) is 13.0. The van der Waals surface area contributed by atoms with Gasteiger partial charge in [-0.25, -0.2) is 8.98 Å². The molecule has 6 aliphatic rings. The second kappa shape index (κ2) is 25.2. The Morgan fingerprint density at radius 1 is 0.459 bits per heavy atom. The van der Waals surface area contributed by atoms with Crippen molar-refractivity contribution in [1.82, 2.24) is 5.32 Å². The number of carbonyl (C=O) groups excluding carboxylic acids is 1. The van der Waals surface area contributed by atoms with E-state index >= 15 is 0 Å². The van der Waals surface area contributed by atoms with E-state index in [1.807, 2.05) is 0 Å². The zero-order valence-electron chi connectivity index (χ0n) is 38.6. The Labute approximate surface area is 417 Å². The average molecular weight is 1110 g/mol. The minimum Gasteiger partial charge on any atom is -0.479 e. The SMILES string of the molecule is CC(=O)N[C@@H]1[C@@H](O[C@@H]2O[C@H](CO)[C@H](O[C@@H]3O[C@H](CO)[C@H](O[C@@H]4O[C@H](CO)[C@H](O)[C@H](O)[C@H]4O)[C@H](O[C@@H]4O[C@H](C(=O)O)[C@@H](O)[C@H](OS(=O)(=O)O)[C@H]4O)[C@H]3O)[C@H](O)[C@H]2O[C@@H]2O[C@@H](C)[C@@H](O)[C@@H](O)[C@@H]2O)[C@@H](O)[C@@H](CO)O[C@@H]1O. The van der Waals surface area contributed by atoms with E-state index in [2.05, 4.69) is 9.50 Å². The molecule has 6 aliphatic heterocycles. The highest BCUT2D eigenvalue weighted by Crippen LogP contribution is 2.38. The molecule has 430 valence electrons. The summed E-state index contributed by atoms with van der Waals surface area (Å²) in [5.74, 6) is -2.86. The molecule has 0 aliphatic carbocycles. The Morgan fingerprint density at radius 2 is 0.905 bits per heavy atom. The van der Waals surface area contributed by atoms with Gasteiger partial charge in [-0.2, -0.15) is 8.42 Å². The molecule has 19 N–H and O–H groups in total. The maximum Gasteiger partial charge on any atom is 0.397 e. The van der Waals surface area contributed by atoms with E-state index < -0.39 is 233 Å². The third-order valence-corrected chi connectivity index (χ3v) is 13.4. The van der Waals surface area contributed by atoms with Gasteiger partial charge in [-0.05, 0) is 6.92 Å². The number of amides is 1. The van der Waals surface area contributed by atoms with E-state index in [-0.39, 0.29) is 0 Å². The Balaban J connectivity index is 1.38. The van der Waals surface area contributed by atoms with E-state index in [0.717, 1.165) is 6.92 Å². The Hall–Kier alpha value is -2.27. The first-order valence-electron chi connectivity index (χ1n) is 22.6. The molecule has 6 rings (SSSR count). The van der Waals surface area contributed by atoms with Crippen LogP contribution in [-0.2, 0) is 76.3 Å². The van der Waals surface area contributed by atoms with Crippen LogP contribution in [-0.4, -0.2) is 322 Å². The molecule has 0 aromatic rings. The van der Waals surface area contributed by atoms with E-state index in [1.165, 1.54) is 6.92 Å². The van der Waals surface area contributed by atoms with Crippen molar-refractivity contribution in [3.8, 4) is 0 Å². The largest absolute Gasteiger partial charge is 0.479 e. The van der Waals surface area contributed by atoms with E-state index in [9.17, 15) is 109 Å². The number of aliphatic hydroxyl groups is 16. The number of carbonyl (C=O) groups is 2. The molecule has 6 saturated heterocycles. The van der Waals surface area contributed by atoms with Crippen LogP contribution in [0.2, 0.25) is 0 Å². The van der Waals surface area contributed by atoms with Crippen LogP contribution >= 0.6 is 0 Å². The lowest BCUT2D eigenvalue weighted by molar-refractivity contribution is -0.409. The summed E-state index contributed by atoms with van der Waals surface area (Å²) in [7, 11) is -5.62. The maximum absolute atomic E-state index is 12.2. The van der Waals surface area contributed by atoms with Gasteiger partial charge in [-0.15, -0.1) is 0 Å². The van der Waals surface area contributed by atoms with Gasteiger partial charge in [0, 0.05) is 6.92 Å². The molecular formula is C38H63NO34S. The summed E-state index contributed by atoms with van der Waals surface area (Å²) >= 11 is 0. The lowest BCUT2D eigenvalue weighted by Crippen LogP contribution is -2.70. The van der Waals surface area contributed by atoms with Crippen LogP contribution < -0.4 is 5.32 Å². The van der Waals surface area contributed by atoms with Crippen molar-refractivity contribution in [2.75, 3.05) is 26.4 Å². The molecule has 0 unspecified atom stereocenters. The molecule has 35 nitrogen and oxygen atoms in total. The van der Waals surface area contributed by atoms with Gasteiger partial charge < -0.3 is 144 Å². The molecule has 74 heavy (non-hydrogen) atoms. The molecule has 1 amide bonds. The number of ether oxygens (including phenoxy) is 11. The highest BCUT2D eigenvalue weighted by molar-refractivity contribution is 7.80. The van der Waals surface area contributed by atoms with Gasteiger partial charge in [0.2, 0.25) is 5.91 Å². The van der Waals surface area contributed by atoms with Crippen LogP contribution in [0.3, 0.4) is 0 Å². The van der Waals surface area contributed by atoms with Crippen molar-refractivity contribution in [3.05, 3.63) is 0 Å². The summed E-state index contributed by atoms with van der Waals surface area (Å²) in [5, 5.41) is 185. The van der Waals surface area contributed by atoms with Crippen LogP contribution in [0.15, 0.2) is 0 Å². The first-order valence-corrected chi connectivity index (χ1v) is 24.0. The third kappa shape index (κ3) is 13.1. The number of hydrogen-bond donors (Lipinski definition) is 19. The fourth-order valence-corrected chi connectivity index (χ4v) is 9.57. The Bertz CT molecular complexity index is 1940. The van der Waals surface area contributed by atoms with Gasteiger partial charge >= 0.3 is 16.4 Å². The first-order chi connectivity index (χ1) is 34.7. The van der Waals surface area contributed by atoms with Crippen LogP contribution in [0.5, 0.6) is 0 Å². The number of carboxylic acids is 1. The van der Waals surface area contributed by atoms with Crippen molar-refractivity contribution >= 4 is 22.3 Å². The zero-order valence-corrected chi connectivity index (χ0v) is 39.5. The Kier molecular flexibility index (Phi) is 20.8. The zero-order chi connectivity index (χ0) is 55.0. The van der Waals surface area contributed by atoms with E-state index in [4.69, 9.17) is 52.1 Å². The fourth-order valence-electron chi connectivity index (χ4n) is 9.06. The number of nitrogens with one attached hydrogen (secondary N) is 1. The summed E-state index contributed by atoms with van der Waals surface area (Å²) in [6.45, 7) is -2.16. The summed E-state index contributed by atoms with van der Waals surface area (Å²) in [5.41, 5.74) is 0. The number of rotatable bonds is 18. The molecule has 0 saturated carbocycles. The van der Waals surface area contributed by atoms with Crippen molar-refractivity contribution < 1.29 is 166 Å². The van der Waals surface area contributed by atoms with Crippen molar-refractivity contribution in [2.45, 2.75) is 198 Å². The number of carboxylic acid groups (broad SMARTS) is 1. The minimum absolute atomic E-state index is 0.814. The lowest BCUT2D eigenvalue weighted by Gasteiger charge is -2.51. The first kappa shape index (κ1) is 61.0. The van der Waals surface area contributed by atoms with Crippen LogP contribution in [0.25, 0.3) is 0 Å². The second-order valence-corrected chi connectivity index (χ2v) is 19.1. The average Bonchev–Trinajstić information content (AvgIpc) is 3.34. The normalized spacial score (nSPS) is 49.5. The molecule has 30 atom stereocenters. The van der Waals surface area contributed by atoms with Crippen LogP contribution in [0.1, 0.15) is 13.8 Å². The molecule has 0 aromatic heterocycles. The standard InChI is InChI=1S/C38H63NO34S/c1-7-14(45)17(48)19(50)34(62-7)72-31-21(52)25(11(5-42)66-38(31)69-27-13(39-8(2)44)33(58)63-10(4-41)16(27)47)67-36-24(55)29(70-37-23(54)28(73-74(59,60)61)22(53)30(71-37)32(56)57)26(12(6-43)65-36)68-35-20(51)18(49)15(46)9(3-40)64-35/h7,9-31,33-38,40-43,45-55,58H,3-6H2,1-2H3,(H,39,44)(H,56,57)(H,59,60,61)/t7-,9+,10+,11+,12+,13+,14+,15-,16-,17+,18-,19-,20+,21-,22-,23+,24+,25-,26-,27+,28-,29+,30-,31+,33-,34-,35-,36-,37+,38-/m0/s1. The minimum atomic E-state index is -5.62. The number of aliphatic hydroxyl groups excluding tert-OH is 16. The summed E-state index contributed by atoms with van der Waals surface area (Å²) < 4.78 is 99.7. The maximum atomic E-state index is 12.2. The number of aliphatic carboxylic acids is 1. The molecule has 36 heteroatoms. The molecule has 0 aromatic carbocycles. The summed E-state index contributed by atoms with van der Waals surface area (Å²) in [6.07, 6.45) is -61.9. The van der Waals surface area contributed by atoms with Crippen LogP contribution in [0.4, 0.5) is 0 Å². The monoisotopic (exact) mass is 1110 g/mol. The van der Waals surface area contributed by atoms with E-state index in [1.54, 1.807) is 0 Å². The highest BCUT2D eigenvalue weighted by atomic mass is 32.3. The predicted molar refractivity (Wildman–Crippen MR) is 220 cm³/mol. The quantitative estimate of drug-likeness (QED) is 0.0567. The predicted octanol–water partition coefficient (Wildman–Crippen LogP) is -13.0. The van der Waals surface area contributed by atoms with Gasteiger partial charge in [0.05, 0.1) is 32.5 Å². The smallest absolute Gasteiger partial charge is 0.397 e. The molecule has 6 heterocycles. The van der Waals surface area contributed by atoms with Gasteiger partial charge in [-0.1, -0.05) is 0 Å². The molecule has 6 fully saturated rings. The fraction of sp³-hybridized carbons (Fsp3) is 0.947. The highest BCUT2D eigenvalue weighted by Gasteiger charge is 2.60. The summed E-state index contributed by atoms with van der Waals surface area (Å²) in [6, 6.07) is -1.69. The van der Waals surface area contributed by atoms with Gasteiger partial charge in [-0.3, -0.25) is 9.35 Å². The Morgan fingerprint density at radius 3 is 1.47 bits per heavy atom. The molecule has 0 radical (unpaired) electrons. The van der Waals surface area contributed by atoms with Crippen molar-refractivity contribution in [2.24, 2.45) is 0 Å². The molecule has 0 spiro atoms. The topological polar surface area (TPSA) is 555 Å². The molecule has 0 bridgehead atoms. The molecular weight excluding hydrogens is 1050 g/mol. The summed E-state index contributed by atoms with van der Waals surface area (Å²) in [4.78, 5) is 24.4. The lowest BCUT2D eigenvalue weighted by atomic mass is 9.94. The number of hydrogen-bond acceptors (Lipinski definition) is 32. The van der Waals surface area contributed by atoms with Crippen molar-refractivity contribution in [1.29, 1.82) is 0 Å². The van der Waals surface area contributed by atoms with Crippen molar-refractivity contribution in [3.63, 3.8) is 0 Å².